The molecule has 1 fully saturated rings. The van der Waals surface area contributed by atoms with Crippen LogP contribution >= 0.6 is 11.8 Å². The average molecular weight is 336 g/mol. The Hall–Kier alpha value is -1.31. The molecule has 0 N–H and O–H groups in total. The van der Waals surface area contributed by atoms with Gasteiger partial charge in [-0.1, -0.05) is 18.2 Å². The van der Waals surface area contributed by atoms with Gasteiger partial charge >= 0.3 is 0 Å². The molecule has 0 aliphatic carbocycles. The highest BCUT2D eigenvalue weighted by Crippen LogP contribution is 2.24. The zero-order valence-electron chi connectivity index (χ0n) is 13.6. The molecule has 6 nitrogen and oxygen atoms in total. The van der Waals surface area contributed by atoms with Crippen molar-refractivity contribution in [1.29, 1.82) is 0 Å². The number of thioether (sulfide) groups is 1. The van der Waals surface area contributed by atoms with Gasteiger partial charge in [0.05, 0.1) is 19.4 Å². The third-order valence-corrected chi connectivity index (χ3v) is 5.01. The van der Waals surface area contributed by atoms with Crippen LogP contribution in [0.5, 0.6) is 0 Å². The van der Waals surface area contributed by atoms with Gasteiger partial charge in [-0.3, -0.25) is 4.57 Å². The van der Waals surface area contributed by atoms with Gasteiger partial charge in [-0.15, -0.1) is 10.2 Å². The number of likely N-dealkylation sites (tertiary alicyclic amines) is 1. The lowest BCUT2D eigenvalue weighted by molar-refractivity contribution is 0.185. The highest BCUT2D eigenvalue weighted by molar-refractivity contribution is 7.99. The predicted molar refractivity (Wildman–Crippen MR) is 90.6 cm³/mol. The van der Waals surface area contributed by atoms with Gasteiger partial charge in [-0.05, 0) is 38.1 Å². The van der Waals surface area contributed by atoms with Gasteiger partial charge in [-0.2, -0.15) is 0 Å². The number of ether oxygens (including phenoxy) is 1. The highest BCUT2D eigenvalue weighted by Gasteiger charge is 2.17. The lowest BCUT2D eigenvalue weighted by Gasteiger charge is -2.25. The van der Waals surface area contributed by atoms with Crippen molar-refractivity contribution in [2.75, 3.05) is 39.1 Å². The van der Waals surface area contributed by atoms with Crippen LogP contribution in [0, 0.1) is 0 Å². The van der Waals surface area contributed by atoms with E-state index in [1.54, 1.807) is 25.1 Å². The van der Waals surface area contributed by atoms with Crippen molar-refractivity contribution in [3.63, 3.8) is 0 Å². The number of furan rings is 1. The van der Waals surface area contributed by atoms with Crippen molar-refractivity contribution in [2.45, 2.75) is 31.0 Å². The van der Waals surface area contributed by atoms with E-state index in [1.165, 1.54) is 32.4 Å². The minimum atomic E-state index is 0.630. The van der Waals surface area contributed by atoms with Gasteiger partial charge in [-0.25, -0.2) is 0 Å². The number of rotatable bonds is 8. The van der Waals surface area contributed by atoms with Crippen molar-refractivity contribution in [1.82, 2.24) is 19.7 Å². The molecule has 23 heavy (non-hydrogen) atoms. The molecule has 0 radical (unpaired) electrons. The van der Waals surface area contributed by atoms with Crippen LogP contribution in [0.25, 0.3) is 11.6 Å². The van der Waals surface area contributed by atoms with Crippen molar-refractivity contribution < 1.29 is 9.15 Å². The van der Waals surface area contributed by atoms with Crippen LogP contribution in [0.3, 0.4) is 0 Å². The fraction of sp³-hybridized carbons (Fsp3) is 0.625. The number of hydrogen-bond acceptors (Lipinski definition) is 6. The van der Waals surface area contributed by atoms with Gasteiger partial charge in [0, 0.05) is 19.4 Å². The normalized spacial score (nSPS) is 16.0. The minimum absolute atomic E-state index is 0.630. The monoisotopic (exact) mass is 336 g/mol. The fourth-order valence-corrected chi connectivity index (χ4v) is 3.78. The van der Waals surface area contributed by atoms with E-state index in [9.17, 15) is 0 Å². The first kappa shape index (κ1) is 16.5. The molecular weight excluding hydrogens is 312 g/mol. The van der Waals surface area contributed by atoms with E-state index in [-0.39, 0.29) is 0 Å². The molecular formula is C16H24N4O2S. The van der Waals surface area contributed by atoms with Gasteiger partial charge < -0.3 is 14.1 Å². The van der Waals surface area contributed by atoms with Crippen LogP contribution in [-0.2, 0) is 11.3 Å². The second kappa shape index (κ2) is 8.52. The first-order chi connectivity index (χ1) is 11.4. The Bertz CT molecular complexity index is 579. The standard InChI is InChI=1S/C16H24N4O2S/c1-21-12-9-20-15(14-6-5-11-22-14)17-18-16(20)23-13-10-19-7-3-2-4-8-19/h5-6,11H,2-4,7-10,12-13H2,1H3. The lowest BCUT2D eigenvalue weighted by atomic mass is 10.1. The highest BCUT2D eigenvalue weighted by atomic mass is 32.2. The van der Waals surface area contributed by atoms with Crippen LogP contribution in [0.15, 0.2) is 28.0 Å². The average Bonchev–Trinajstić information content (AvgIpc) is 3.23. The smallest absolute Gasteiger partial charge is 0.200 e. The molecule has 0 unspecified atom stereocenters. The summed E-state index contributed by atoms with van der Waals surface area (Å²) in [6.45, 7) is 4.93. The quantitative estimate of drug-likeness (QED) is 0.691. The summed E-state index contributed by atoms with van der Waals surface area (Å²) >= 11 is 1.76. The molecule has 3 heterocycles. The van der Waals surface area contributed by atoms with Crippen molar-refractivity contribution >= 4 is 11.8 Å². The van der Waals surface area contributed by atoms with Gasteiger partial charge in [0.15, 0.2) is 10.9 Å². The Morgan fingerprint density at radius 1 is 1.22 bits per heavy atom. The van der Waals surface area contributed by atoms with E-state index >= 15 is 0 Å². The molecule has 0 aromatic carbocycles. The van der Waals surface area contributed by atoms with Crippen molar-refractivity contribution in [3.05, 3.63) is 18.4 Å². The molecule has 1 saturated heterocycles. The fourth-order valence-electron chi connectivity index (χ4n) is 2.82. The van der Waals surface area contributed by atoms with Gasteiger partial charge in [0.2, 0.25) is 5.82 Å². The third kappa shape index (κ3) is 4.37. The minimum Gasteiger partial charge on any atom is -0.461 e. The molecule has 3 rings (SSSR count). The van der Waals surface area contributed by atoms with E-state index in [2.05, 4.69) is 19.7 Å². The van der Waals surface area contributed by atoms with Gasteiger partial charge in [0.1, 0.15) is 0 Å². The van der Waals surface area contributed by atoms with Crippen LogP contribution in [0.1, 0.15) is 19.3 Å². The number of hydrogen-bond donors (Lipinski definition) is 0. The van der Waals surface area contributed by atoms with Crippen LogP contribution in [0.2, 0.25) is 0 Å². The van der Waals surface area contributed by atoms with E-state index in [0.29, 0.717) is 6.61 Å². The van der Waals surface area contributed by atoms with Crippen LogP contribution in [-0.4, -0.2) is 58.8 Å². The lowest BCUT2D eigenvalue weighted by Crippen LogP contribution is -2.31. The van der Waals surface area contributed by atoms with Crippen LogP contribution in [0.4, 0.5) is 0 Å². The molecule has 0 spiro atoms. The molecule has 0 atom stereocenters. The van der Waals surface area contributed by atoms with Crippen LogP contribution < -0.4 is 0 Å². The third-order valence-electron chi connectivity index (χ3n) is 4.06. The predicted octanol–water partition coefficient (Wildman–Crippen LogP) is 2.76. The molecule has 2 aromatic rings. The second-order valence-electron chi connectivity index (χ2n) is 5.68. The number of nitrogens with zero attached hydrogens (tertiary/aromatic N) is 4. The van der Waals surface area contributed by atoms with Crippen molar-refractivity contribution in [3.8, 4) is 11.6 Å². The summed E-state index contributed by atoms with van der Waals surface area (Å²) in [5.41, 5.74) is 0. The molecule has 0 saturated carbocycles. The zero-order valence-corrected chi connectivity index (χ0v) is 14.4. The Morgan fingerprint density at radius 3 is 2.83 bits per heavy atom. The molecule has 0 bridgehead atoms. The Kier molecular flexibility index (Phi) is 6.13. The largest absolute Gasteiger partial charge is 0.461 e. The summed E-state index contributed by atoms with van der Waals surface area (Å²) in [7, 11) is 1.71. The van der Waals surface area contributed by atoms with E-state index < -0.39 is 0 Å². The Morgan fingerprint density at radius 2 is 2.09 bits per heavy atom. The maximum atomic E-state index is 5.47. The number of piperidine rings is 1. The number of aromatic nitrogens is 3. The summed E-state index contributed by atoms with van der Waals surface area (Å²) in [6.07, 6.45) is 5.70. The van der Waals surface area contributed by atoms with E-state index in [1.807, 2.05) is 12.1 Å². The molecule has 1 aliphatic heterocycles. The maximum Gasteiger partial charge on any atom is 0.200 e. The molecule has 1 aliphatic rings. The number of methoxy groups -OCH3 is 1. The summed E-state index contributed by atoms with van der Waals surface area (Å²) in [5, 5.41) is 9.59. The zero-order chi connectivity index (χ0) is 15.9. The Labute approximate surface area is 141 Å². The Balaban J connectivity index is 1.63. The summed E-state index contributed by atoms with van der Waals surface area (Å²) in [5.74, 6) is 2.55. The topological polar surface area (TPSA) is 56.3 Å². The van der Waals surface area contributed by atoms with E-state index in [4.69, 9.17) is 9.15 Å². The maximum absolute atomic E-state index is 5.47. The van der Waals surface area contributed by atoms with Gasteiger partial charge in [0.25, 0.3) is 0 Å². The molecule has 2 aromatic heterocycles. The first-order valence-corrected chi connectivity index (χ1v) is 9.18. The molecule has 126 valence electrons. The molecule has 7 heteroatoms. The van der Waals surface area contributed by atoms with Crippen molar-refractivity contribution in [2.24, 2.45) is 0 Å². The molecule has 0 amide bonds. The SMILES string of the molecule is COCCn1c(SCCN2CCCCC2)nnc1-c1ccco1. The summed E-state index contributed by atoms with van der Waals surface area (Å²) in [4.78, 5) is 2.54. The first-order valence-electron chi connectivity index (χ1n) is 8.19. The summed E-state index contributed by atoms with van der Waals surface area (Å²) < 4.78 is 12.8. The summed E-state index contributed by atoms with van der Waals surface area (Å²) in [6, 6.07) is 3.78. The van der Waals surface area contributed by atoms with E-state index in [0.717, 1.165) is 35.6 Å². The second-order valence-corrected chi connectivity index (χ2v) is 6.74.